The van der Waals surface area contributed by atoms with Gasteiger partial charge in [-0.05, 0) is 36.9 Å². The molecule has 2 heterocycles. The molecule has 1 unspecified atom stereocenters. The lowest BCUT2D eigenvalue weighted by molar-refractivity contribution is 0.113. The van der Waals surface area contributed by atoms with Gasteiger partial charge in [0, 0.05) is 32.1 Å². The van der Waals surface area contributed by atoms with Crippen molar-refractivity contribution in [1.29, 1.82) is 0 Å². The van der Waals surface area contributed by atoms with E-state index in [0.29, 0.717) is 11.2 Å². The van der Waals surface area contributed by atoms with Crippen LogP contribution < -0.4 is 0 Å². The van der Waals surface area contributed by atoms with Gasteiger partial charge in [-0.2, -0.15) is 0 Å². The predicted molar refractivity (Wildman–Crippen MR) is 77.1 cm³/mol. The van der Waals surface area contributed by atoms with Crippen molar-refractivity contribution in [3.8, 4) is 0 Å². The van der Waals surface area contributed by atoms with Crippen molar-refractivity contribution in [1.82, 2.24) is 19.8 Å². The molecule has 1 aliphatic rings. The molecule has 6 heteroatoms. The zero-order valence-electron chi connectivity index (χ0n) is 11.0. The highest BCUT2D eigenvalue weighted by atomic mass is 79.9. The molecule has 0 saturated carbocycles. The quantitative estimate of drug-likeness (QED) is 0.775. The van der Waals surface area contributed by atoms with E-state index >= 15 is 0 Å². The number of hydrogen-bond acceptors (Lipinski definition) is 4. The van der Waals surface area contributed by atoms with Gasteiger partial charge in [0.25, 0.3) is 0 Å². The summed E-state index contributed by atoms with van der Waals surface area (Å²) in [4.78, 5) is 13.6. The standard InChI is InChI=1S/C12H18BrClN4/c1-8-11(13)12(14)16-10(15-8)6-9-7-17(2)4-5-18(9)3/h9H,4-7H2,1-3H3. The van der Waals surface area contributed by atoms with E-state index in [1.54, 1.807) is 0 Å². The Labute approximate surface area is 121 Å². The number of hydrogen-bond donors (Lipinski definition) is 0. The van der Waals surface area contributed by atoms with E-state index in [1.807, 2.05) is 6.92 Å². The fourth-order valence-corrected chi connectivity index (χ4v) is 2.61. The molecular formula is C12H18BrClN4. The van der Waals surface area contributed by atoms with Crippen LogP contribution >= 0.6 is 27.5 Å². The van der Waals surface area contributed by atoms with Crippen molar-refractivity contribution >= 4 is 27.5 Å². The molecule has 100 valence electrons. The highest BCUT2D eigenvalue weighted by Crippen LogP contribution is 2.23. The van der Waals surface area contributed by atoms with E-state index in [0.717, 1.165) is 42.0 Å². The molecule has 0 spiro atoms. The molecule has 1 aromatic heterocycles. The van der Waals surface area contributed by atoms with Gasteiger partial charge in [0.2, 0.25) is 0 Å². The largest absolute Gasteiger partial charge is 0.304 e. The van der Waals surface area contributed by atoms with Crippen LogP contribution in [-0.2, 0) is 6.42 Å². The Hall–Kier alpha value is -0.230. The van der Waals surface area contributed by atoms with Crippen LogP contribution in [0.25, 0.3) is 0 Å². The third-order valence-corrected chi connectivity index (χ3v) is 4.87. The van der Waals surface area contributed by atoms with Crippen molar-refractivity contribution in [3.05, 3.63) is 21.1 Å². The first kappa shape index (κ1) is 14.2. The molecule has 1 aromatic rings. The third kappa shape index (κ3) is 3.20. The molecule has 2 rings (SSSR count). The number of rotatable bonds is 2. The molecule has 0 bridgehead atoms. The lowest BCUT2D eigenvalue weighted by Crippen LogP contribution is -2.51. The van der Waals surface area contributed by atoms with Crippen molar-refractivity contribution in [3.63, 3.8) is 0 Å². The summed E-state index contributed by atoms with van der Waals surface area (Å²) in [5.41, 5.74) is 0.900. The summed E-state index contributed by atoms with van der Waals surface area (Å²) >= 11 is 9.46. The van der Waals surface area contributed by atoms with Crippen LogP contribution in [-0.4, -0.2) is 59.5 Å². The third-order valence-electron chi connectivity index (χ3n) is 3.42. The molecule has 0 N–H and O–H groups in total. The normalized spacial score (nSPS) is 22.4. The van der Waals surface area contributed by atoms with Gasteiger partial charge in [-0.1, -0.05) is 11.6 Å². The molecule has 0 radical (unpaired) electrons. The molecule has 0 amide bonds. The van der Waals surface area contributed by atoms with Crippen LogP contribution in [0, 0.1) is 6.92 Å². The number of nitrogens with zero attached hydrogens (tertiary/aromatic N) is 4. The highest BCUT2D eigenvalue weighted by molar-refractivity contribution is 9.10. The Balaban J connectivity index is 2.13. The van der Waals surface area contributed by atoms with Gasteiger partial charge >= 0.3 is 0 Å². The number of aryl methyl sites for hydroxylation is 1. The number of halogens is 2. The Morgan fingerprint density at radius 2 is 2.06 bits per heavy atom. The molecule has 18 heavy (non-hydrogen) atoms. The second kappa shape index (κ2) is 5.82. The minimum Gasteiger partial charge on any atom is -0.304 e. The summed E-state index contributed by atoms with van der Waals surface area (Å²) in [7, 11) is 4.31. The second-order valence-electron chi connectivity index (χ2n) is 4.93. The van der Waals surface area contributed by atoms with E-state index in [2.05, 4.69) is 49.8 Å². The molecule has 1 fully saturated rings. The van der Waals surface area contributed by atoms with Gasteiger partial charge in [-0.25, -0.2) is 9.97 Å². The van der Waals surface area contributed by atoms with Crippen molar-refractivity contribution < 1.29 is 0 Å². The minimum absolute atomic E-state index is 0.459. The summed E-state index contributed by atoms with van der Waals surface area (Å²) in [6.45, 7) is 5.20. The summed E-state index contributed by atoms with van der Waals surface area (Å²) in [5, 5.41) is 0.504. The van der Waals surface area contributed by atoms with Gasteiger partial charge < -0.3 is 9.80 Å². The van der Waals surface area contributed by atoms with Crippen LogP contribution in [0.3, 0.4) is 0 Å². The van der Waals surface area contributed by atoms with E-state index in [4.69, 9.17) is 11.6 Å². The highest BCUT2D eigenvalue weighted by Gasteiger charge is 2.23. The molecular weight excluding hydrogens is 316 g/mol. The zero-order chi connectivity index (χ0) is 13.3. The SMILES string of the molecule is Cc1nc(CC2CN(C)CCN2C)nc(Cl)c1Br. The van der Waals surface area contributed by atoms with Crippen LogP contribution in [0.5, 0.6) is 0 Å². The summed E-state index contributed by atoms with van der Waals surface area (Å²) in [6.07, 6.45) is 0.842. The van der Waals surface area contributed by atoms with Crippen molar-refractivity contribution in [2.24, 2.45) is 0 Å². The molecule has 4 nitrogen and oxygen atoms in total. The van der Waals surface area contributed by atoms with Crippen LogP contribution in [0.1, 0.15) is 11.5 Å². The van der Waals surface area contributed by atoms with Gasteiger partial charge in [-0.3, -0.25) is 0 Å². The Bertz CT molecular complexity index is 417. The van der Waals surface area contributed by atoms with E-state index in [-0.39, 0.29) is 0 Å². The van der Waals surface area contributed by atoms with Crippen LogP contribution in [0.15, 0.2) is 4.47 Å². The summed E-state index contributed by atoms with van der Waals surface area (Å²) in [5.74, 6) is 0.827. The zero-order valence-corrected chi connectivity index (χ0v) is 13.3. The van der Waals surface area contributed by atoms with Crippen LogP contribution in [0.2, 0.25) is 5.15 Å². The van der Waals surface area contributed by atoms with Gasteiger partial charge in [0.1, 0.15) is 11.0 Å². The first-order valence-electron chi connectivity index (χ1n) is 6.04. The smallest absolute Gasteiger partial charge is 0.147 e. The molecule has 0 aromatic carbocycles. The average Bonchev–Trinajstić information content (AvgIpc) is 2.31. The Kier molecular flexibility index (Phi) is 4.59. The maximum absolute atomic E-state index is 6.08. The van der Waals surface area contributed by atoms with Crippen LogP contribution in [0.4, 0.5) is 0 Å². The molecule has 1 aliphatic heterocycles. The van der Waals surface area contributed by atoms with E-state index in [9.17, 15) is 0 Å². The lowest BCUT2D eigenvalue weighted by atomic mass is 10.1. The summed E-state index contributed by atoms with van der Waals surface area (Å²) in [6, 6.07) is 0.459. The monoisotopic (exact) mass is 332 g/mol. The fourth-order valence-electron chi connectivity index (χ4n) is 2.20. The topological polar surface area (TPSA) is 32.3 Å². The first-order valence-corrected chi connectivity index (χ1v) is 7.21. The number of piperazine rings is 1. The maximum Gasteiger partial charge on any atom is 0.147 e. The maximum atomic E-state index is 6.08. The van der Waals surface area contributed by atoms with Gasteiger partial charge in [0.15, 0.2) is 0 Å². The van der Waals surface area contributed by atoms with E-state index in [1.165, 1.54) is 0 Å². The predicted octanol–water partition coefficient (Wildman–Crippen LogP) is 1.99. The lowest BCUT2D eigenvalue weighted by Gasteiger charge is -2.37. The first-order chi connectivity index (χ1) is 8.47. The van der Waals surface area contributed by atoms with Gasteiger partial charge in [-0.15, -0.1) is 0 Å². The number of aromatic nitrogens is 2. The van der Waals surface area contributed by atoms with Crippen molar-refractivity contribution in [2.45, 2.75) is 19.4 Å². The average molecular weight is 334 g/mol. The Morgan fingerprint density at radius 1 is 1.33 bits per heavy atom. The molecule has 0 aliphatic carbocycles. The van der Waals surface area contributed by atoms with Gasteiger partial charge in [0.05, 0.1) is 10.2 Å². The Morgan fingerprint density at radius 3 is 2.72 bits per heavy atom. The second-order valence-corrected chi connectivity index (χ2v) is 6.08. The number of likely N-dealkylation sites (N-methyl/N-ethyl adjacent to an activating group) is 2. The van der Waals surface area contributed by atoms with Crippen molar-refractivity contribution in [2.75, 3.05) is 33.7 Å². The molecule has 1 atom stereocenters. The summed E-state index contributed by atoms with van der Waals surface area (Å²) < 4.78 is 0.794. The van der Waals surface area contributed by atoms with E-state index < -0.39 is 0 Å². The fraction of sp³-hybridized carbons (Fsp3) is 0.667. The molecule has 1 saturated heterocycles. The minimum atomic E-state index is 0.459.